The van der Waals surface area contributed by atoms with Crippen molar-refractivity contribution in [1.82, 2.24) is 4.90 Å². The van der Waals surface area contributed by atoms with Crippen LogP contribution in [0.3, 0.4) is 0 Å². The molecule has 2 aromatic carbocycles. The van der Waals surface area contributed by atoms with Gasteiger partial charge in [-0.25, -0.2) is 0 Å². The number of ether oxygens (including phenoxy) is 4. The summed E-state index contributed by atoms with van der Waals surface area (Å²) in [5.41, 5.74) is 1.82. The van der Waals surface area contributed by atoms with E-state index in [0.717, 1.165) is 0 Å². The third-order valence-electron chi connectivity index (χ3n) is 4.47. The molecule has 0 N–H and O–H groups in total. The third-order valence-corrected chi connectivity index (χ3v) is 4.47. The van der Waals surface area contributed by atoms with Gasteiger partial charge in [0.15, 0.2) is 6.61 Å². The predicted molar refractivity (Wildman–Crippen MR) is 107 cm³/mol. The zero-order valence-electron chi connectivity index (χ0n) is 17.3. The molecule has 1 fully saturated rings. The molecule has 0 aliphatic carbocycles. The topological polar surface area (TPSA) is 57.2 Å². The molecule has 0 radical (unpaired) electrons. The Bertz CT molecular complexity index is 878. The third kappa shape index (κ3) is 6.86. The minimum atomic E-state index is -4.40. The van der Waals surface area contributed by atoms with Crippen molar-refractivity contribution in [2.45, 2.75) is 12.3 Å². The van der Waals surface area contributed by atoms with Gasteiger partial charge in [0, 0.05) is 19.7 Å². The van der Waals surface area contributed by atoms with Crippen molar-refractivity contribution in [3.8, 4) is 22.6 Å². The molecule has 31 heavy (non-hydrogen) atoms. The number of hydrogen-bond acceptors (Lipinski definition) is 5. The minimum absolute atomic E-state index is 0.104. The highest BCUT2D eigenvalue weighted by molar-refractivity contribution is 5.95. The molecule has 1 aliphatic heterocycles. The number of amides is 1. The van der Waals surface area contributed by atoms with Crippen LogP contribution >= 0.6 is 0 Å². The molecule has 0 bridgehead atoms. The number of benzene rings is 2. The molecule has 9 heteroatoms. The first-order chi connectivity index (χ1) is 14.7. The fourth-order valence-electron chi connectivity index (χ4n) is 2.96. The van der Waals surface area contributed by atoms with Crippen LogP contribution in [0.15, 0.2) is 42.5 Å². The standard InChI is InChI=1S/C22H24F3NO5/c1-26(2)21(27)17-9-16(10-19(11-17)30-13-20-12-28-7-8-29-20)15-3-5-18(6-4-15)31-14-22(23,24)25/h3-6,9-11,20H,7-8,12-14H2,1-2H3. The molecule has 0 saturated carbocycles. The predicted octanol–water partition coefficient (Wildman–Crippen LogP) is 3.79. The number of rotatable bonds is 7. The Labute approximate surface area is 178 Å². The quantitative estimate of drug-likeness (QED) is 0.657. The lowest BCUT2D eigenvalue weighted by Crippen LogP contribution is -2.33. The second kappa shape index (κ2) is 10.0. The minimum Gasteiger partial charge on any atom is -0.491 e. The second-order valence-corrected chi connectivity index (χ2v) is 7.25. The average Bonchev–Trinajstić information content (AvgIpc) is 2.76. The van der Waals surface area contributed by atoms with Crippen LogP contribution in [0.4, 0.5) is 13.2 Å². The van der Waals surface area contributed by atoms with Gasteiger partial charge in [0.2, 0.25) is 0 Å². The molecule has 6 nitrogen and oxygen atoms in total. The lowest BCUT2D eigenvalue weighted by atomic mass is 10.0. The maximum Gasteiger partial charge on any atom is 0.422 e. The molecule has 1 heterocycles. The van der Waals surface area contributed by atoms with Crippen molar-refractivity contribution in [3.05, 3.63) is 48.0 Å². The first-order valence-corrected chi connectivity index (χ1v) is 9.70. The van der Waals surface area contributed by atoms with E-state index in [0.29, 0.717) is 42.3 Å². The number of carbonyl (C=O) groups excluding carboxylic acids is 1. The number of halogens is 3. The van der Waals surface area contributed by atoms with Gasteiger partial charge < -0.3 is 23.8 Å². The van der Waals surface area contributed by atoms with E-state index in [2.05, 4.69) is 0 Å². The van der Waals surface area contributed by atoms with Crippen molar-refractivity contribution in [2.75, 3.05) is 47.1 Å². The van der Waals surface area contributed by atoms with Crippen LogP contribution in [0.25, 0.3) is 11.1 Å². The van der Waals surface area contributed by atoms with Gasteiger partial charge in [-0.2, -0.15) is 13.2 Å². The van der Waals surface area contributed by atoms with Crippen molar-refractivity contribution in [3.63, 3.8) is 0 Å². The van der Waals surface area contributed by atoms with E-state index in [1.165, 1.54) is 17.0 Å². The first kappa shape index (κ1) is 22.9. The molecule has 3 rings (SSSR count). The van der Waals surface area contributed by atoms with Gasteiger partial charge in [0.1, 0.15) is 24.2 Å². The molecule has 1 aliphatic rings. The Balaban J connectivity index is 1.80. The molecule has 0 spiro atoms. The Morgan fingerprint density at radius 1 is 1.03 bits per heavy atom. The van der Waals surface area contributed by atoms with Crippen LogP contribution in [0.2, 0.25) is 0 Å². The number of alkyl halides is 3. The summed E-state index contributed by atoms with van der Waals surface area (Å²) >= 11 is 0. The lowest BCUT2D eigenvalue weighted by Gasteiger charge is -2.23. The van der Waals surface area contributed by atoms with Crippen LogP contribution in [-0.2, 0) is 9.47 Å². The van der Waals surface area contributed by atoms with E-state index in [-0.39, 0.29) is 24.4 Å². The molecule has 1 unspecified atom stereocenters. The van der Waals surface area contributed by atoms with Gasteiger partial charge in [0.25, 0.3) is 5.91 Å². The zero-order valence-corrected chi connectivity index (χ0v) is 17.3. The summed E-state index contributed by atoms with van der Waals surface area (Å²) in [5, 5.41) is 0. The summed E-state index contributed by atoms with van der Waals surface area (Å²) in [5.74, 6) is 0.385. The summed E-state index contributed by atoms with van der Waals surface area (Å²) in [6.45, 7) is 0.396. The van der Waals surface area contributed by atoms with Crippen LogP contribution in [-0.4, -0.2) is 70.2 Å². The van der Waals surface area contributed by atoms with E-state index < -0.39 is 12.8 Å². The monoisotopic (exact) mass is 439 g/mol. The van der Waals surface area contributed by atoms with E-state index >= 15 is 0 Å². The molecular weight excluding hydrogens is 415 g/mol. The highest BCUT2D eigenvalue weighted by atomic mass is 19.4. The van der Waals surface area contributed by atoms with Gasteiger partial charge in [-0.05, 0) is 41.5 Å². The van der Waals surface area contributed by atoms with Crippen molar-refractivity contribution < 1.29 is 36.9 Å². The first-order valence-electron chi connectivity index (χ1n) is 9.70. The molecule has 1 saturated heterocycles. The summed E-state index contributed by atoms with van der Waals surface area (Å²) in [4.78, 5) is 14.0. The molecule has 168 valence electrons. The van der Waals surface area contributed by atoms with E-state index in [1.807, 2.05) is 0 Å². The average molecular weight is 439 g/mol. The maximum atomic E-state index is 12.5. The molecule has 2 aromatic rings. The van der Waals surface area contributed by atoms with E-state index in [1.54, 1.807) is 44.4 Å². The Morgan fingerprint density at radius 3 is 2.39 bits per heavy atom. The Hall–Kier alpha value is -2.78. The fraction of sp³-hybridized carbons (Fsp3) is 0.409. The molecule has 1 amide bonds. The summed E-state index contributed by atoms with van der Waals surface area (Å²) in [7, 11) is 3.30. The maximum absolute atomic E-state index is 12.5. The van der Waals surface area contributed by atoms with Crippen LogP contribution < -0.4 is 9.47 Å². The van der Waals surface area contributed by atoms with Gasteiger partial charge in [-0.1, -0.05) is 12.1 Å². The summed E-state index contributed by atoms with van der Waals surface area (Å²) < 4.78 is 58.5. The molecular formula is C22H24F3NO5. The van der Waals surface area contributed by atoms with Crippen LogP contribution in [0.1, 0.15) is 10.4 Å². The van der Waals surface area contributed by atoms with Crippen molar-refractivity contribution >= 4 is 5.91 Å². The highest BCUT2D eigenvalue weighted by Crippen LogP contribution is 2.29. The zero-order chi connectivity index (χ0) is 22.4. The van der Waals surface area contributed by atoms with Gasteiger partial charge >= 0.3 is 6.18 Å². The van der Waals surface area contributed by atoms with Crippen molar-refractivity contribution in [1.29, 1.82) is 0 Å². The van der Waals surface area contributed by atoms with Gasteiger partial charge in [0.05, 0.1) is 19.8 Å². The van der Waals surface area contributed by atoms with Crippen LogP contribution in [0.5, 0.6) is 11.5 Å². The SMILES string of the molecule is CN(C)C(=O)c1cc(OCC2COCCO2)cc(-c2ccc(OCC(F)(F)F)cc2)c1. The van der Waals surface area contributed by atoms with Crippen molar-refractivity contribution in [2.24, 2.45) is 0 Å². The van der Waals surface area contributed by atoms with E-state index in [9.17, 15) is 18.0 Å². The fourth-order valence-corrected chi connectivity index (χ4v) is 2.96. The molecule has 1 atom stereocenters. The smallest absolute Gasteiger partial charge is 0.422 e. The summed E-state index contributed by atoms with van der Waals surface area (Å²) in [6.07, 6.45) is -4.60. The molecule has 0 aromatic heterocycles. The van der Waals surface area contributed by atoms with Gasteiger partial charge in [-0.15, -0.1) is 0 Å². The van der Waals surface area contributed by atoms with Gasteiger partial charge in [-0.3, -0.25) is 4.79 Å². The normalized spacial score (nSPS) is 16.6. The lowest BCUT2D eigenvalue weighted by molar-refractivity contribution is -0.153. The van der Waals surface area contributed by atoms with Crippen LogP contribution in [0, 0.1) is 0 Å². The Morgan fingerprint density at radius 2 is 1.77 bits per heavy atom. The Kier molecular flexibility index (Phi) is 7.40. The van der Waals surface area contributed by atoms with E-state index in [4.69, 9.17) is 18.9 Å². The number of nitrogens with zero attached hydrogens (tertiary/aromatic N) is 1. The second-order valence-electron chi connectivity index (χ2n) is 7.25. The number of hydrogen-bond donors (Lipinski definition) is 0. The number of carbonyl (C=O) groups is 1. The summed E-state index contributed by atoms with van der Waals surface area (Å²) in [6, 6.07) is 11.3. The largest absolute Gasteiger partial charge is 0.491 e. The highest BCUT2D eigenvalue weighted by Gasteiger charge is 2.28.